The number of carbonyl (C=O) groups is 1. The molecule has 1 aliphatic rings. The smallest absolute Gasteiger partial charge is 0.224 e. The largest absolute Gasteiger partial charge is 0.356 e. The van der Waals surface area contributed by atoms with Gasteiger partial charge in [-0.25, -0.2) is 0 Å². The van der Waals surface area contributed by atoms with Crippen molar-refractivity contribution in [3.63, 3.8) is 0 Å². The second-order valence-electron chi connectivity index (χ2n) is 5.72. The van der Waals surface area contributed by atoms with E-state index in [0.29, 0.717) is 17.8 Å². The molecule has 4 heteroatoms. The monoisotopic (exact) mass is 306 g/mol. The Morgan fingerprint density at radius 3 is 2.81 bits per heavy atom. The first-order valence-electron chi connectivity index (χ1n) is 7.80. The van der Waals surface area contributed by atoms with Crippen LogP contribution in [0.3, 0.4) is 0 Å². The average Bonchev–Trinajstić information content (AvgIpc) is 3.03. The molecule has 3 unspecified atom stereocenters. The van der Waals surface area contributed by atoms with Crippen LogP contribution in [0.1, 0.15) is 25.3 Å². The lowest BCUT2D eigenvalue weighted by atomic mass is 9.99. The average molecular weight is 306 g/mol. The minimum Gasteiger partial charge on any atom is -0.356 e. The number of hydrogen-bond acceptors (Lipinski definition) is 3. The standard InChI is InChI=1S/C17H26N2OS/c1-13(16(21-2)15-9-6-11-18-15)17(20)19-12-10-14-7-4-3-5-8-14/h3-5,7-8,13,15-16,18H,6,9-12H2,1-2H3,(H,19,20). The molecule has 1 saturated heterocycles. The van der Waals surface area contributed by atoms with Crippen molar-refractivity contribution in [1.82, 2.24) is 10.6 Å². The molecule has 3 atom stereocenters. The van der Waals surface area contributed by atoms with E-state index in [1.54, 1.807) is 0 Å². The second-order valence-corrected chi connectivity index (χ2v) is 6.73. The summed E-state index contributed by atoms with van der Waals surface area (Å²) < 4.78 is 0. The molecule has 3 nitrogen and oxygen atoms in total. The van der Waals surface area contributed by atoms with Gasteiger partial charge >= 0.3 is 0 Å². The minimum atomic E-state index is 0.0476. The van der Waals surface area contributed by atoms with Gasteiger partial charge in [0.2, 0.25) is 5.91 Å². The molecule has 0 bridgehead atoms. The molecule has 1 aromatic carbocycles. The first-order chi connectivity index (χ1) is 10.2. The van der Waals surface area contributed by atoms with Crippen LogP contribution < -0.4 is 10.6 Å². The van der Waals surface area contributed by atoms with Gasteiger partial charge in [0.1, 0.15) is 0 Å². The first kappa shape index (κ1) is 16.4. The Bertz CT molecular complexity index is 432. The molecule has 2 N–H and O–H groups in total. The van der Waals surface area contributed by atoms with E-state index < -0.39 is 0 Å². The van der Waals surface area contributed by atoms with Crippen molar-refractivity contribution in [2.45, 2.75) is 37.5 Å². The third kappa shape index (κ3) is 4.75. The van der Waals surface area contributed by atoms with Gasteiger partial charge in [0.05, 0.1) is 0 Å². The lowest BCUT2D eigenvalue weighted by molar-refractivity contribution is -0.124. The summed E-state index contributed by atoms with van der Waals surface area (Å²) in [5.74, 6) is 0.227. The predicted octanol–water partition coefficient (Wildman–Crippen LogP) is 2.46. The van der Waals surface area contributed by atoms with E-state index in [2.05, 4.69) is 35.9 Å². The van der Waals surface area contributed by atoms with Crippen molar-refractivity contribution < 1.29 is 4.79 Å². The molecule has 0 radical (unpaired) electrons. The number of thioether (sulfide) groups is 1. The molecule has 2 rings (SSSR count). The van der Waals surface area contributed by atoms with Crippen LogP contribution >= 0.6 is 11.8 Å². The Morgan fingerprint density at radius 1 is 1.43 bits per heavy atom. The van der Waals surface area contributed by atoms with Gasteiger partial charge in [0.25, 0.3) is 0 Å². The van der Waals surface area contributed by atoms with Crippen molar-refractivity contribution in [3.8, 4) is 0 Å². The molecule has 1 aliphatic heterocycles. The Morgan fingerprint density at radius 2 is 2.19 bits per heavy atom. The predicted molar refractivity (Wildman–Crippen MR) is 90.6 cm³/mol. The third-order valence-electron chi connectivity index (χ3n) is 4.23. The van der Waals surface area contributed by atoms with Crippen molar-refractivity contribution in [2.75, 3.05) is 19.3 Å². The number of carbonyl (C=O) groups excluding carboxylic acids is 1. The van der Waals surface area contributed by atoms with E-state index >= 15 is 0 Å². The number of amides is 1. The summed E-state index contributed by atoms with van der Waals surface area (Å²) in [6.07, 6.45) is 5.42. The minimum absolute atomic E-state index is 0.0476. The van der Waals surface area contributed by atoms with E-state index in [0.717, 1.165) is 13.0 Å². The molecule has 0 aromatic heterocycles. The Hall–Kier alpha value is -1.00. The van der Waals surface area contributed by atoms with Gasteiger partial charge in [0.15, 0.2) is 0 Å². The number of nitrogens with one attached hydrogen (secondary N) is 2. The molecule has 116 valence electrons. The van der Waals surface area contributed by atoms with E-state index in [-0.39, 0.29) is 11.8 Å². The molecule has 0 spiro atoms. The number of rotatable bonds is 7. The van der Waals surface area contributed by atoms with E-state index in [1.807, 2.05) is 30.0 Å². The number of hydrogen-bond donors (Lipinski definition) is 2. The normalized spacial score (nSPS) is 21.0. The zero-order valence-electron chi connectivity index (χ0n) is 13.0. The van der Waals surface area contributed by atoms with Crippen LogP contribution in [-0.2, 0) is 11.2 Å². The van der Waals surface area contributed by atoms with Crippen molar-refractivity contribution in [1.29, 1.82) is 0 Å². The van der Waals surface area contributed by atoms with Gasteiger partial charge in [-0.2, -0.15) is 11.8 Å². The van der Waals surface area contributed by atoms with Gasteiger partial charge in [-0.1, -0.05) is 37.3 Å². The van der Waals surface area contributed by atoms with Gasteiger partial charge in [0, 0.05) is 23.8 Å². The fraction of sp³-hybridized carbons (Fsp3) is 0.588. The first-order valence-corrected chi connectivity index (χ1v) is 9.09. The SMILES string of the molecule is CSC(C1CCCN1)C(C)C(=O)NCCc1ccccc1. The summed E-state index contributed by atoms with van der Waals surface area (Å²) >= 11 is 1.81. The molecule has 1 amide bonds. The fourth-order valence-corrected chi connectivity index (χ4v) is 4.09. The third-order valence-corrected chi connectivity index (χ3v) is 5.51. The molecule has 1 aromatic rings. The van der Waals surface area contributed by atoms with Gasteiger partial charge in [-0.05, 0) is 37.6 Å². The van der Waals surface area contributed by atoms with Crippen molar-refractivity contribution in [2.24, 2.45) is 5.92 Å². The lowest BCUT2D eigenvalue weighted by Crippen LogP contribution is -2.43. The maximum atomic E-state index is 12.3. The highest BCUT2D eigenvalue weighted by molar-refractivity contribution is 7.99. The zero-order valence-corrected chi connectivity index (χ0v) is 13.8. The maximum Gasteiger partial charge on any atom is 0.224 e. The summed E-state index contributed by atoms with van der Waals surface area (Å²) in [5, 5.41) is 6.98. The van der Waals surface area contributed by atoms with Gasteiger partial charge in [-0.15, -0.1) is 0 Å². The molecule has 21 heavy (non-hydrogen) atoms. The molecule has 0 saturated carbocycles. The van der Waals surface area contributed by atoms with Crippen molar-refractivity contribution in [3.05, 3.63) is 35.9 Å². The highest BCUT2D eigenvalue weighted by Gasteiger charge is 2.31. The van der Waals surface area contributed by atoms with Crippen LogP contribution in [0.5, 0.6) is 0 Å². The van der Waals surface area contributed by atoms with Crippen LogP contribution in [0, 0.1) is 5.92 Å². The molecular weight excluding hydrogens is 280 g/mol. The summed E-state index contributed by atoms with van der Waals surface area (Å²) in [4.78, 5) is 12.3. The summed E-state index contributed by atoms with van der Waals surface area (Å²) in [7, 11) is 0. The topological polar surface area (TPSA) is 41.1 Å². The quantitative estimate of drug-likeness (QED) is 0.813. The van der Waals surface area contributed by atoms with E-state index in [1.165, 1.54) is 18.4 Å². The van der Waals surface area contributed by atoms with E-state index in [9.17, 15) is 4.79 Å². The Balaban J connectivity index is 1.78. The molecule has 1 fully saturated rings. The summed E-state index contributed by atoms with van der Waals surface area (Å²) in [5.41, 5.74) is 1.27. The summed E-state index contributed by atoms with van der Waals surface area (Å²) in [6, 6.07) is 10.8. The van der Waals surface area contributed by atoms with Crippen LogP contribution in [0.4, 0.5) is 0 Å². The second kappa shape index (κ2) is 8.44. The zero-order chi connectivity index (χ0) is 15.1. The Labute approximate surface area is 132 Å². The number of benzene rings is 1. The molecular formula is C17H26N2OS. The lowest BCUT2D eigenvalue weighted by Gasteiger charge is -2.27. The van der Waals surface area contributed by atoms with E-state index in [4.69, 9.17) is 0 Å². The van der Waals surface area contributed by atoms with Crippen molar-refractivity contribution >= 4 is 17.7 Å². The fourth-order valence-electron chi connectivity index (χ4n) is 2.99. The van der Waals surface area contributed by atoms with Crippen LogP contribution in [0.25, 0.3) is 0 Å². The van der Waals surface area contributed by atoms with Gasteiger partial charge in [-0.3, -0.25) is 4.79 Å². The van der Waals surface area contributed by atoms with Crippen LogP contribution in [0.2, 0.25) is 0 Å². The maximum absolute atomic E-state index is 12.3. The van der Waals surface area contributed by atoms with Crippen LogP contribution in [-0.4, -0.2) is 36.5 Å². The Kier molecular flexibility index (Phi) is 6.58. The molecule has 1 heterocycles. The van der Waals surface area contributed by atoms with Gasteiger partial charge < -0.3 is 10.6 Å². The highest BCUT2D eigenvalue weighted by Crippen LogP contribution is 2.26. The highest BCUT2D eigenvalue weighted by atomic mass is 32.2. The molecule has 0 aliphatic carbocycles. The summed E-state index contributed by atoms with van der Waals surface area (Å²) in [6.45, 7) is 3.86. The van der Waals surface area contributed by atoms with Crippen LogP contribution in [0.15, 0.2) is 30.3 Å².